The van der Waals surface area contributed by atoms with E-state index in [0.717, 1.165) is 99.5 Å². The standard InChI is InChI=1S/C63H39N5O/c1-2-22-43(23-3-1)67-53-29-12-10-25-47(53)59-49(28-15-30-54(59)67)62-64-61(46-27-14-21-38-16-8-9-24-45(38)46)65-63(66-62)52-36-44(37-58-60(52)48-26-11-13-31-57(48)69-58)68-55-34-41-19-6-4-17-39(41)32-50(55)51-33-40-18-5-7-20-42(40)35-56(51)68/h1-37,61H,(H,64,65,66). The van der Waals surface area contributed by atoms with Gasteiger partial charge < -0.3 is 18.9 Å². The topological polar surface area (TPSA) is 59.8 Å². The fraction of sp³-hybridized carbons (Fsp3) is 0.0159. The second kappa shape index (κ2) is 14.6. The molecule has 1 aliphatic rings. The van der Waals surface area contributed by atoms with E-state index in [1.165, 1.54) is 32.3 Å². The maximum Gasteiger partial charge on any atom is 0.160 e. The lowest BCUT2D eigenvalue weighted by molar-refractivity contribution is 0.668. The molecule has 0 aliphatic carbocycles. The van der Waals surface area contributed by atoms with Crippen molar-refractivity contribution in [3.8, 4) is 11.4 Å². The molecule has 0 saturated carbocycles. The Morgan fingerprint density at radius 3 is 1.71 bits per heavy atom. The molecule has 322 valence electrons. The highest BCUT2D eigenvalue weighted by Crippen LogP contribution is 2.42. The summed E-state index contributed by atoms with van der Waals surface area (Å²) in [4.78, 5) is 11.3. The van der Waals surface area contributed by atoms with Crippen LogP contribution in [0.1, 0.15) is 22.9 Å². The summed E-state index contributed by atoms with van der Waals surface area (Å²) in [7, 11) is 0. The number of rotatable bonds is 5. The van der Waals surface area contributed by atoms with E-state index in [0.29, 0.717) is 5.84 Å². The summed E-state index contributed by atoms with van der Waals surface area (Å²) in [6, 6.07) is 80.4. The molecule has 6 heteroatoms. The summed E-state index contributed by atoms with van der Waals surface area (Å²) in [5, 5.41) is 17.7. The Balaban J connectivity index is 1.03. The Labute approximate surface area is 395 Å². The summed E-state index contributed by atoms with van der Waals surface area (Å²) < 4.78 is 11.7. The number of para-hydroxylation sites is 3. The fourth-order valence-electron chi connectivity index (χ4n) is 11.2. The molecule has 1 unspecified atom stereocenters. The van der Waals surface area contributed by atoms with Crippen molar-refractivity contribution in [2.45, 2.75) is 6.17 Å². The van der Waals surface area contributed by atoms with Crippen LogP contribution in [0.15, 0.2) is 239 Å². The fourth-order valence-corrected chi connectivity index (χ4v) is 11.2. The molecule has 0 radical (unpaired) electrons. The van der Waals surface area contributed by atoms with Crippen molar-refractivity contribution < 1.29 is 4.42 Å². The van der Waals surface area contributed by atoms with E-state index in [1.54, 1.807) is 0 Å². The van der Waals surface area contributed by atoms with Crippen LogP contribution in [0.25, 0.3) is 109 Å². The van der Waals surface area contributed by atoms with E-state index >= 15 is 0 Å². The van der Waals surface area contributed by atoms with Crippen LogP contribution in [-0.2, 0) is 0 Å². The molecule has 1 N–H and O–H groups in total. The van der Waals surface area contributed by atoms with Crippen LogP contribution in [0, 0.1) is 0 Å². The minimum absolute atomic E-state index is 0.473. The molecular formula is C63H39N5O. The minimum Gasteiger partial charge on any atom is -0.456 e. The van der Waals surface area contributed by atoms with Crippen LogP contribution in [0.3, 0.4) is 0 Å². The molecule has 14 aromatic rings. The predicted molar refractivity (Wildman–Crippen MR) is 287 cm³/mol. The normalized spacial score (nSPS) is 14.2. The number of furan rings is 1. The van der Waals surface area contributed by atoms with Crippen LogP contribution < -0.4 is 5.32 Å². The Kier molecular flexibility index (Phi) is 8.03. The summed E-state index contributed by atoms with van der Waals surface area (Å²) in [6.07, 6.45) is -0.473. The molecule has 11 aromatic carbocycles. The number of nitrogens with zero attached hydrogens (tertiary/aromatic N) is 4. The smallest absolute Gasteiger partial charge is 0.160 e. The van der Waals surface area contributed by atoms with Crippen molar-refractivity contribution in [1.82, 2.24) is 14.5 Å². The first-order chi connectivity index (χ1) is 34.2. The number of hydrogen-bond acceptors (Lipinski definition) is 4. The van der Waals surface area contributed by atoms with Gasteiger partial charge in [0, 0.05) is 60.8 Å². The van der Waals surface area contributed by atoms with E-state index < -0.39 is 6.17 Å². The van der Waals surface area contributed by atoms with Crippen molar-refractivity contribution in [3.05, 3.63) is 241 Å². The highest BCUT2D eigenvalue weighted by molar-refractivity contribution is 6.26. The van der Waals surface area contributed by atoms with Crippen molar-refractivity contribution in [3.63, 3.8) is 0 Å². The van der Waals surface area contributed by atoms with Gasteiger partial charge in [0.2, 0.25) is 0 Å². The second-order valence-electron chi connectivity index (χ2n) is 18.1. The van der Waals surface area contributed by atoms with Gasteiger partial charge >= 0.3 is 0 Å². The van der Waals surface area contributed by atoms with Crippen molar-refractivity contribution in [2.75, 3.05) is 0 Å². The highest BCUT2D eigenvalue weighted by atomic mass is 16.3. The van der Waals surface area contributed by atoms with E-state index in [4.69, 9.17) is 14.4 Å². The molecule has 1 atom stereocenters. The van der Waals surface area contributed by atoms with Gasteiger partial charge in [-0.2, -0.15) is 0 Å². The third kappa shape index (κ3) is 5.73. The van der Waals surface area contributed by atoms with Gasteiger partial charge in [-0.3, -0.25) is 0 Å². The molecular weight excluding hydrogens is 843 g/mol. The molecule has 0 amide bonds. The molecule has 69 heavy (non-hydrogen) atoms. The lowest BCUT2D eigenvalue weighted by Gasteiger charge is -2.25. The largest absolute Gasteiger partial charge is 0.456 e. The third-order valence-electron chi connectivity index (χ3n) is 14.3. The molecule has 1 aliphatic heterocycles. The van der Waals surface area contributed by atoms with Crippen LogP contribution in [0.2, 0.25) is 0 Å². The number of hydrogen-bond donors (Lipinski definition) is 1. The molecule has 6 nitrogen and oxygen atoms in total. The second-order valence-corrected chi connectivity index (χ2v) is 18.1. The van der Waals surface area contributed by atoms with E-state index in [2.05, 4.69) is 233 Å². The van der Waals surface area contributed by atoms with Gasteiger partial charge in [0.05, 0.1) is 27.8 Å². The van der Waals surface area contributed by atoms with Gasteiger partial charge in [0.1, 0.15) is 23.2 Å². The van der Waals surface area contributed by atoms with Crippen LogP contribution in [-0.4, -0.2) is 20.8 Å². The quantitative estimate of drug-likeness (QED) is 0.187. The first kappa shape index (κ1) is 37.9. The first-order valence-electron chi connectivity index (χ1n) is 23.5. The third-order valence-corrected chi connectivity index (χ3v) is 14.3. The lowest BCUT2D eigenvalue weighted by atomic mass is 9.99. The minimum atomic E-state index is -0.473. The average Bonchev–Trinajstić information content (AvgIpc) is 4.06. The molecule has 3 aromatic heterocycles. The molecule has 4 heterocycles. The van der Waals surface area contributed by atoms with Crippen LogP contribution in [0.4, 0.5) is 0 Å². The van der Waals surface area contributed by atoms with Gasteiger partial charge in [-0.15, -0.1) is 0 Å². The number of aliphatic imine (C=N–C) groups is 2. The summed E-state index contributed by atoms with van der Waals surface area (Å²) in [6.45, 7) is 0. The van der Waals surface area contributed by atoms with Crippen LogP contribution in [0.5, 0.6) is 0 Å². The van der Waals surface area contributed by atoms with E-state index in [9.17, 15) is 0 Å². The SMILES string of the molecule is c1ccc(-n2c3ccccc3c3c(C4=NC(c5cccc6ccccc56)NC(c5cc(-n6c7cc8ccccc8cc7c7cc8ccccc8cc76)cc6oc7ccccc7c56)=N4)cccc32)cc1. The molecule has 15 rings (SSSR count). The average molecular weight is 882 g/mol. The number of amidine groups is 2. The molecule has 0 spiro atoms. The number of nitrogens with one attached hydrogen (secondary N) is 1. The number of fused-ring (bicyclic) bond motifs is 12. The molecule has 0 saturated heterocycles. The van der Waals surface area contributed by atoms with E-state index in [-0.39, 0.29) is 0 Å². The van der Waals surface area contributed by atoms with E-state index in [1.807, 2.05) is 6.07 Å². The lowest BCUT2D eigenvalue weighted by Crippen LogP contribution is -2.34. The monoisotopic (exact) mass is 881 g/mol. The van der Waals surface area contributed by atoms with Crippen molar-refractivity contribution in [1.29, 1.82) is 0 Å². The Hall–Kier alpha value is -9.26. The van der Waals surface area contributed by atoms with Gasteiger partial charge in [0.15, 0.2) is 5.84 Å². The maximum absolute atomic E-state index is 6.89. The zero-order valence-corrected chi connectivity index (χ0v) is 37.1. The van der Waals surface area contributed by atoms with Crippen molar-refractivity contribution >= 4 is 110 Å². The first-order valence-corrected chi connectivity index (χ1v) is 23.5. The van der Waals surface area contributed by atoms with Gasteiger partial charge in [-0.25, -0.2) is 9.98 Å². The molecule has 0 bridgehead atoms. The van der Waals surface area contributed by atoms with Gasteiger partial charge in [0.25, 0.3) is 0 Å². The Morgan fingerprint density at radius 2 is 0.957 bits per heavy atom. The van der Waals surface area contributed by atoms with Crippen LogP contribution >= 0.6 is 0 Å². The zero-order valence-electron chi connectivity index (χ0n) is 37.1. The highest BCUT2D eigenvalue weighted by Gasteiger charge is 2.28. The molecule has 0 fully saturated rings. The maximum atomic E-state index is 6.89. The van der Waals surface area contributed by atoms with Gasteiger partial charge in [-0.05, 0) is 93.0 Å². The number of aromatic nitrogens is 2. The summed E-state index contributed by atoms with van der Waals surface area (Å²) in [5.74, 6) is 1.38. The van der Waals surface area contributed by atoms with Crippen molar-refractivity contribution in [2.24, 2.45) is 9.98 Å². The summed E-state index contributed by atoms with van der Waals surface area (Å²) >= 11 is 0. The Morgan fingerprint density at radius 1 is 0.377 bits per heavy atom. The number of benzene rings is 11. The predicted octanol–water partition coefficient (Wildman–Crippen LogP) is 15.7. The summed E-state index contributed by atoms with van der Waals surface area (Å²) in [5.41, 5.74) is 11.1. The van der Waals surface area contributed by atoms with Gasteiger partial charge in [-0.1, -0.05) is 158 Å². The zero-order chi connectivity index (χ0) is 45.2. The Bertz CT molecular complexity index is 4430.